The van der Waals surface area contributed by atoms with Crippen LogP contribution in [-0.2, 0) is 16.1 Å². The van der Waals surface area contributed by atoms with Crippen molar-refractivity contribution in [2.75, 3.05) is 35.7 Å². The van der Waals surface area contributed by atoms with E-state index in [9.17, 15) is 4.79 Å². The molecule has 1 amide bonds. The number of hydrogen-bond donors (Lipinski definition) is 2. The van der Waals surface area contributed by atoms with Crippen molar-refractivity contribution in [3.8, 4) is 0 Å². The maximum Gasteiger partial charge on any atom is 0.250 e. The SMILES string of the molecule is Nc1nc(Cl)cc(N(CCOCC(=O)Nc2ccccc2)Cc2cccs2)n1. The van der Waals surface area contributed by atoms with Crippen molar-refractivity contribution in [3.05, 3.63) is 63.9 Å². The molecule has 2 heterocycles. The number of para-hydroxylation sites is 1. The number of benzene rings is 1. The number of nitrogens with one attached hydrogen (secondary N) is 1. The number of nitrogens with two attached hydrogens (primary N) is 1. The molecular formula is C19H20ClN5O2S. The van der Waals surface area contributed by atoms with Gasteiger partial charge in [-0.2, -0.15) is 4.98 Å². The van der Waals surface area contributed by atoms with Gasteiger partial charge in [-0.15, -0.1) is 11.3 Å². The first-order chi connectivity index (χ1) is 13.6. The summed E-state index contributed by atoms with van der Waals surface area (Å²) in [6.45, 7) is 1.46. The van der Waals surface area contributed by atoms with Crippen LogP contribution in [-0.4, -0.2) is 35.6 Å². The van der Waals surface area contributed by atoms with Crippen molar-refractivity contribution in [1.82, 2.24) is 9.97 Å². The summed E-state index contributed by atoms with van der Waals surface area (Å²) in [5, 5.41) is 5.08. The predicted octanol–water partition coefficient (Wildman–Crippen LogP) is 3.44. The molecule has 3 N–H and O–H groups in total. The van der Waals surface area contributed by atoms with Crippen LogP contribution in [0.25, 0.3) is 0 Å². The van der Waals surface area contributed by atoms with Gasteiger partial charge in [0.05, 0.1) is 13.2 Å². The lowest BCUT2D eigenvalue weighted by molar-refractivity contribution is -0.120. The number of halogens is 1. The number of carbonyl (C=O) groups excluding carboxylic acids is 1. The predicted molar refractivity (Wildman–Crippen MR) is 113 cm³/mol. The van der Waals surface area contributed by atoms with E-state index >= 15 is 0 Å². The van der Waals surface area contributed by atoms with Crippen LogP contribution in [0.2, 0.25) is 5.15 Å². The molecule has 3 aromatic rings. The molecule has 146 valence electrons. The van der Waals surface area contributed by atoms with E-state index in [-0.39, 0.29) is 23.6 Å². The fourth-order valence-electron chi connectivity index (χ4n) is 2.51. The van der Waals surface area contributed by atoms with Crippen LogP contribution < -0.4 is 16.0 Å². The number of carbonyl (C=O) groups is 1. The smallest absolute Gasteiger partial charge is 0.250 e. The lowest BCUT2D eigenvalue weighted by Gasteiger charge is -2.23. The summed E-state index contributed by atoms with van der Waals surface area (Å²) in [6.07, 6.45) is 0. The summed E-state index contributed by atoms with van der Waals surface area (Å²) in [4.78, 5) is 23.3. The zero-order chi connectivity index (χ0) is 19.8. The Bertz CT molecular complexity index is 872. The molecule has 1 aromatic carbocycles. The number of nitrogen functional groups attached to an aromatic ring is 1. The van der Waals surface area contributed by atoms with Crippen molar-refractivity contribution in [3.63, 3.8) is 0 Å². The van der Waals surface area contributed by atoms with E-state index in [1.54, 1.807) is 17.4 Å². The fraction of sp³-hybridized carbons (Fsp3) is 0.211. The molecule has 0 saturated carbocycles. The normalized spacial score (nSPS) is 10.6. The minimum Gasteiger partial charge on any atom is -0.370 e. The lowest BCUT2D eigenvalue weighted by atomic mass is 10.3. The quantitative estimate of drug-likeness (QED) is 0.409. The van der Waals surface area contributed by atoms with Crippen LogP contribution in [0.15, 0.2) is 53.9 Å². The Labute approximate surface area is 172 Å². The third kappa shape index (κ3) is 6.19. The Morgan fingerprint density at radius 1 is 1.21 bits per heavy atom. The molecule has 0 atom stereocenters. The van der Waals surface area contributed by atoms with Crippen LogP contribution in [0.3, 0.4) is 0 Å². The Morgan fingerprint density at radius 2 is 2.04 bits per heavy atom. The molecule has 0 aliphatic carbocycles. The van der Waals surface area contributed by atoms with Crippen molar-refractivity contribution in [2.45, 2.75) is 6.54 Å². The van der Waals surface area contributed by atoms with E-state index < -0.39 is 0 Å². The molecule has 28 heavy (non-hydrogen) atoms. The Morgan fingerprint density at radius 3 is 2.75 bits per heavy atom. The van der Waals surface area contributed by atoms with E-state index in [0.717, 1.165) is 10.6 Å². The largest absolute Gasteiger partial charge is 0.370 e. The number of ether oxygens (including phenoxy) is 1. The third-order valence-electron chi connectivity index (χ3n) is 3.75. The molecule has 0 spiro atoms. The molecular weight excluding hydrogens is 398 g/mol. The highest BCUT2D eigenvalue weighted by molar-refractivity contribution is 7.09. The monoisotopic (exact) mass is 417 g/mol. The summed E-state index contributed by atoms with van der Waals surface area (Å²) in [6, 6.07) is 14.9. The highest BCUT2D eigenvalue weighted by atomic mass is 35.5. The molecule has 2 aromatic heterocycles. The second-order valence-electron chi connectivity index (χ2n) is 5.87. The van der Waals surface area contributed by atoms with Crippen molar-refractivity contribution in [2.24, 2.45) is 0 Å². The average molecular weight is 418 g/mol. The van der Waals surface area contributed by atoms with Gasteiger partial charge >= 0.3 is 0 Å². The Hall–Kier alpha value is -2.68. The maximum atomic E-state index is 12.0. The molecule has 0 aliphatic rings. The molecule has 9 heteroatoms. The molecule has 0 aliphatic heterocycles. The second kappa shape index (κ2) is 10.0. The van der Waals surface area contributed by atoms with E-state index in [1.807, 2.05) is 52.7 Å². The highest BCUT2D eigenvalue weighted by Gasteiger charge is 2.12. The lowest BCUT2D eigenvalue weighted by Crippen LogP contribution is -2.29. The van der Waals surface area contributed by atoms with Crippen molar-refractivity contribution >= 4 is 46.3 Å². The molecule has 0 bridgehead atoms. The zero-order valence-corrected chi connectivity index (χ0v) is 16.6. The Balaban J connectivity index is 1.55. The van der Waals surface area contributed by atoms with Gasteiger partial charge in [0.1, 0.15) is 17.6 Å². The van der Waals surface area contributed by atoms with Crippen molar-refractivity contribution in [1.29, 1.82) is 0 Å². The van der Waals surface area contributed by atoms with Crippen LogP contribution >= 0.6 is 22.9 Å². The minimum atomic E-state index is -0.203. The molecule has 0 radical (unpaired) electrons. The van der Waals surface area contributed by atoms with Gasteiger partial charge in [-0.05, 0) is 23.6 Å². The molecule has 0 unspecified atom stereocenters. The van der Waals surface area contributed by atoms with Gasteiger partial charge < -0.3 is 20.7 Å². The summed E-state index contributed by atoms with van der Waals surface area (Å²) in [5.74, 6) is 0.524. The van der Waals surface area contributed by atoms with E-state index in [0.29, 0.717) is 25.5 Å². The molecule has 0 fully saturated rings. The number of rotatable bonds is 9. The first-order valence-corrected chi connectivity index (χ1v) is 9.86. The zero-order valence-electron chi connectivity index (χ0n) is 15.0. The van der Waals surface area contributed by atoms with E-state index in [1.165, 1.54) is 0 Å². The average Bonchev–Trinajstić information content (AvgIpc) is 3.17. The van der Waals surface area contributed by atoms with Gasteiger partial charge in [0, 0.05) is 23.2 Å². The van der Waals surface area contributed by atoms with E-state index in [4.69, 9.17) is 22.1 Å². The molecule has 0 saturated heterocycles. The summed E-state index contributed by atoms with van der Waals surface area (Å²) in [5.41, 5.74) is 6.46. The van der Waals surface area contributed by atoms with Crippen LogP contribution in [0.5, 0.6) is 0 Å². The summed E-state index contributed by atoms with van der Waals surface area (Å²) >= 11 is 7.66. The van der Waals surface area contributed by atoms with Crippen LogP contribution in [0.4, 0.5) is 17.5 Å². The second-order valence-corrected chi connectivity index (χ2v) is 7.29. The van der Waals surface area contributed by atoms with Crippen molar-refractivity contribution < 1.29 is 9.53 Å². The highest BCUT2D eigenvalue weighted by Crippen LogP contribution is 2.21. The first kappa shape index (κ1) is 20.1. The van der Waals surface area contributed by atoms with Crippen LogP contribution in [0.1, 0.15) is 4.88 Å². The Kier molecular flexibility index (Phi) is 7.18. The van der Waals surface area contributed by atoms with Gasteiger partial charge in [-0.1, -0.05) is 35.9 Å². The maximum absolute atomic E-state index is 12.0. The molecule has 3 rings (SSSR count). The molecule has 7 nitrogen and oxygen atoms in total. The van der Waals surface area contributed by atoms with E-state index in [2.05, 4.69) is 15.3 Å². The number of hydrogen-bond acceptors (Lipinski definition) is 7. The summed E-state index contributed by atoms with van der Waals surface area (Å²) < 4.78 is 5.54. The number of amides is 1. The standard InChI is InChI=1S/C19H20ClN5O2S/c20-16-11-17(24-19(21)23-16)25(12-15-7-4-10-28-15)8-9-27-13-18(26)22-14-5-2-1-3-6-14/h1-7,10-11H,8-9,12-13H2,(H,22,26)(H2,21,23,24). The van der Waals surface area contributed by atoms with Gasteiger partial charge in [0.15, 0.2) is 0 Å². The third-order valence-corrected chi connectivity index (χ3v) is 4.80. The van der Waals surface area contributed by atoms with Gasteiger partial charge in [-0.3, -0.25) is 4.79 Å². The number of nitrogens with zero attached hydrogens (tertiary/aromatic N) is 3. The van der Waals surface area contributed by atoms with Gasteiger partial charge in [0.2, 0.25) is 11.9 Å². The van der Waals surface area contributed by atoms with Gasteiger partial charge in [-0.25, -0.2) is 4.98 Å². The fourth-order valence-corrected chi connectivity index (χ4v) is 3.41. The minimum absolute atomic E-state index is 0.0333. The first-order valence-electron chi connectivity index (χ1n) is 8.60. The topological polar surface area (TPSA) is 93.4 Å². The number of anilines is 3. The number of thiophene rings is 1. The number of aromatic nitrogens is 2. The summed E-state index contributed by atoms with van der Waals surface area (Å²) in [7, 11) is 0. The van der Waals surface area contributed by atoms with Gasteiger partial charge in [0.25, 0.3) is 0 Å². The van der Waals surface area contributed by atoms with Crippen LogP contribution in [0, 0.1) is 0 Å².